The molecule has 0 spiro atoms. The molecular formula is C12H20O5. The maximum absolute atomic E-state index is 9.85. The fourth-order valence-electron chi connectivity index (χ4n) is 1.11. The highest BCUT2D eigenvalue weighted by molar-refractivity contribution is 5.38. The van der Waals surface area contributed by atoms with E-state index in [2.05, 4.69) is 4.74 Å². The number of hydrogen-bond acceptors (Lipinski definition) is 5. The van der Waals surface area contributed by atoms with Crippen molar-refractivity contribution in [3.05, 3.63) is 24.5 Å². The highest BCUT2D eigenvalue weighted by Gasteiger charge is 2.06. The first-order valence-corrected chi connectivity index (χ1v) is 5.41. The number of rotatable bonds is 10. The first kappa shape index (κ1) is 15.8. The lowest BCUT2D eigenvalue weighted by atomic mass is 10.1. The molecule has 98 valence electrons. The summed E-state index contributed by atoms with van der Waals surface area (Å²) in [4.78, 5) is 9.85. The fourth-order valence-corrected chi connectivity index (χ4v) is 1.11. The summed E-state index contributed by atoms with van der Waals surface area (Å²) in [6, 6.07) is 0. The number of carbonyl (C=O) groups excluding carboxylic acids is 1. The van der Waals surface area contributed by atoms with Crippen LogP contribution in [0.3, 0.4) is 0 Å². The Morgan fingerprint density at radius 3 is 2.65 bits per heavy atom. The maximum Gasteiger partial charge on any atom is 0.297 e. The molecule has 0 radical (unpaired) electrons. The number of hydrogen-bond donors (Lipinski definition) is 1. The van der Waals surface area contributed by atoms with Gasteiger partial charge in [-0.15, -0.1) is 0 Å². The van der Waals surface area contributed by atoms with Crippen LogP contribution in [-0.4, -0.2) is 37.7 Å². The number of allylic oxidation sites excluding steroid dienone is 2. The predicted molar refractivity (Wildman–Crippen MR) is 63.1 cm³/mol. The standard InChI is InChI=1S/C12H20O5/c1-11(14)6-7-12(17-10-15-2)5-3-4-8-16-9-13/h3-5,8-9,11-12,14H,6-7,10H2,1-2H3/t11-,12+/m1/s1. The molecule has 0 bridgehead atoms. The van der Waals surface area contributed by atoms with Gasteiger partial charge in [0.05, 0.1) is 18.5 Å². The van der Waals surface area contributed by atoms with Crippen molar-refractivity contribution in [2.75, 3.05) is 13.9 Å². The molecule has 0 aromatic rings. The molecule has 0 unspecified atom stereocenters. The second-order valence-corrected chi connectivity index (χ2v) is 3.48. The Kier molecular flexibility index (Phi) is 10.5. The second kappa shape index (κ2) is 11.3. The summed E-state index contributed by atoms with van der Waals surface area (Å²) in [6.07, 6.45) is 7.23. The summed E-state index contributed by atoms with van der Waals surface area (Å²) in [7, 11) is 1.55. The smallest absolute Gasteiger partial charge is 0.297 e. The van der Waals surface area contributed by atoms with Crippen LogP contribution in [0.4, 0.5) is 0 Å². The zero-order chi connectivity index (χ0) is 12.9. The minimum absolute atomic E-state index is 0.134. The molecule has 1 N–H and O–H groups in total. The zero-order valence-corrected chi connectivity index (χ0v) is 10.2. The summed E-state index contributed by atoms with van der Waals surface area (Å²) >= 11 is 0. The highest BCUT2D eigenvalue weighted by Crippen LogP contribution is 2.07. The zero-order valence-electron chi connectivity index (χ0n) is 10.2. The van der Waals surface area contributed by atoms with E-state index in [1.807, 2.05) is 6.08 Å². The Morgan fingerprint density at radius 2 is 2.06 bits per heavy atom. The van der Waals surface area contributed by atoms with E-state index in [0.29, 0.717) is 19.3 Å². The van der Waals surface area contributed by atoms with Gasteiger partial charge >= 0.3 is 0 Å². The quantitative estimate of drug-likeness (QED) is 0.272. The molecule has 0 heterocycles. The van der Waals surface area contributed by atoms with Crippen molar-refractivity contribution >= 4 is 6.47 Å². The second-order valence-electron chi connectivity index (χ2n) is 3.48. The minimum Gasteiger partial charge on any atom is -0.437 e. The van der Waals surface area contributed by atoms with Crippen molar-refractivity contribution in [2.24, 2.45) is 0 Å². The van der Waals surface area contributed by atoms with Crippen LogP contribution in [0.2, 0.25) is 0 Å². The lowest BCUT2D eigenvalue weighted by Crippen LogP contribution is -2.14. The van der Waals surface area contributed by atoms with Gasteiger partial charge in [-0.05, 0) is 25.8 Å². The molecule has 5 heteroatoms. The van der Waals surface area contributed by atoms with Gasteiger partial charge in [0.15, 0.2) is 0 Å². The number of carbonyl (C=O) groups is 1. The third kappa shape index (κ3) is 11.1. The number of ether oxygens (including phenoxy) is 3. The van der Waals surface area contributed by atoms with Crippen molar-refractivity contribution in [3.63, 3.8) is 0 Å². The molecule has 0 saturated carbocycles. The van der Waals surface area contributed by atoms with Gasteiger partial charge < -0.3 is 19.3 Å². The third-order valence-electron chi connectivity index (χ3n) is 1.92. The van der Waals surface area contributed by atoms with E-state index in [1.165, 1.54) is 6.26 Å². The molecule has 0 aliphatic heterocycles. The van der Waals surface area contributed by atoms with Crippen LogP contribution >= 0.6 is 0 Å². The lowest BCUT2D eigenvalue weighted by Gasteiger charge is -2.14. The highest BCUT2D eigenvalue weighted by atomic mass is 16.7. The number of aliphatic hydroxyl groups is 1. The molecule has 17 heavy (non-hydrogen) atoms. The van der Waals surface area contributed by atoms with E-state index in [1.54, 1.807) is 26.2 Å². The Balaban J connectivity index is 4.02. The fraction of sp³-hybridized carbons (Fsp3) is 0.583. The average Bonchev–Trinajstić information content (AvgIpc) is 2.31. The number of aliphatic hydroxyl groups excluding tert-OH is 1. The van der Waals surface area contributed by atoms with E-state index >= 15 is 0 Å². The summed E-state index contributed by atoms with van der Waals surface area (Å²) in [5.74, 6) is 0. The monoisotopic (exact) mass is 244 g/mol. The molecule has 0 aliphatic rings. The van der Waals surface area contributed by atoms with E-state index in [-0.39, 0.29) is 19.0 Å². The van der Waals surface area contributed by atoms with Crippen LogP contribution in [-0.2, 0) is 19.0 Å². The molecule has 0 fully saturated rings. The van der Waals surface area contributed by atoms with E-state index in [0.717, 1.165) is 0 Å². The minimum atomic E-state index is -0.356. The van der Waals surface area contributed by atoms with Crippen molar-refractivity contribution in [1.29, 1.82) is 0 Å². The van der Waals surface area contributed by atoms with Crippen LogP contribution in [0.25, 0.3) is 0 Å². The van der Waals surface area contributed by atoms with Crippen molar-refractivity contribution in [3.8, 4) is 0 Å². The first-order chi connectivity index (χ1) is 8.20. The molecule has 2 atom stereocenters. The van der Waals surface area contributed by atoms with Crippen LogP contribution in [0, 0.1) is 0 Å². The molecule has 5 nitrogen and oxygen atoms in total. The largest absolute Gasteiger partial charge is 0.437 e. The van der Waals surface area contributed by atoms with Gasteiger partial charge in [0, 0.05) is 7.11 Å². The number of methoxy groups -OCH3 is 1. The molecule has 0 aromatic heterocycles. The van der Waals surface area contributed by atoms with Gasteiger partial charge in [0.25, 0.3) is 6.47 Å². The lowest BCUT2D eigenvalue weighted by molar-refractivity contribution is -0.123. The van der Waals surface area contributed by atoms with Crippen molar-refractivity contribution in [1.82, 2.24) is 0 Å². The predicted octanol–water partition coefficient (Wildman–Crippen LogP) is 1.38. The van der Waals surface area contributed by atoms with E-state index in [9.17, 15) is 9.90 Å². The van der Waals surface area contributed by atoms with Gasteiger partial charge in [-0.3, -0.25) is 4.79 Å². The molecule has 0 aliphatic carbocycles. The molecule has 0 amide bonds. The average molecular weight is 244 g/mol. The van der Waals surface area contributed by atoms with Gasteiger partial charge in [0.1, 0.15) is 6.79 Å². The van der Waals surface area contributed by atoms with Gasteiger partial charge in [-0.1, -0.05) is 12.2 Å². The Bertz CT molecular complexity index is 235. The van der Waals surface area contributed by atoms with Crippen LogP contribution in [0.1, 0.15) is 19.8 Å². The van der Waals surface area contributed by atoms with Crippen LogP contribution in [0.5, 0.6) is 0 Å². The van der Waals surface area contributed by atoms with Gasteiger partial charge in [0.2, 0.25) is 0 Å². The summed E-state index contributed by atoms with van der Waals surface area (Å²) in [6.45, 7) is 2.27. The summed E-state index contributed by atoms with van der Waals surface area (Å²) in [5.41, 5.74) is 0. The topological polar surface area (TPSA) is 65.0 Å². The Labute approximate surface area is 102 Å². The third-order valence-corrected chi connectivity index (χ3v) is 1.92. The molecular weight excluding hydrogens is 224 g/mol. The van der Waals surface area contributed by atoms with Crippen molar-refractivity contribution in [2.45, 2.75) is 32.0 Å². The van der Waals surface area contributed by atoms with E-state index in [4.69, 9.17) is 9.47 Å². The summed E-state index contributed by atoms with van der Waals surface area (Å²) in [5, 5.41) is 9.18. The van der Waals surface area contributed by atoms with Crippen LogP contribution < -0.4 is 0 Å². The Hall–Kier alpha value is -1.17. The summed E-state index contributed by atoms with van der Waals surface area (Å²) < 4.78 is 14.6. The van der Waals surface area contributed by atoms with Crippen LogP contribution in [0.15, 0.2) is 24.5 Å². The Morgan fingerprint density at radius 1 is 1.29 bits per heavy atom. The SMILES string of the molecule is COCO[C@@H](C=CC=COC=O)CC[C@@H](C)O. The van der Waals surface area contributed by atoms with Gasteiger partial charge in [-0.2, -0.15) is 0 Å². The first-order valence-electron chi connectivity index (χ1n) is 5.41. The molecule has 0 rings (SSSR count). The normalized spacial score (nSPS) is 15.2. The molecule has 0 aromatic carbocycles. The van der Waals surface area contributed by atoms with Crippen molar-refractivity contribution < 1.29 is 24.1 Å². The van der Waals surface area contributed by atoms with E-state index < -0.39 is 0 Å². The molecule has 0 saturated heterocycles. The van der Waals surface area contributed by atoms with Gasteiger partial charge in [-0.25, -0.2) is 0 Å². The maximum atomic E-state index is 9.85.